The Bertz CT molecular complexity index is 364. The molecule has 0 bridgehead atoms. The molecule has 0 fully saturated rings. The highest BCUT2D eigenvalue weighted by atomic mass is 14.0. The molecule has 0 saturated carbocycles. The lowest BCUT2D eigenvalue weighted by Crippen LogP contribution is -1.83. The smallest absolute Gasteiger partial charge is 0.0225 e. The van der Waals surface area contributed by atoms with Gasteiger partial charge in [-0.15, -0.1) is 0 Å². The molecule has 0 aliphatic carbocycles. The van der Waals surface area contributed by atoms with E-state index >= 15 is 0 Å². The molecule has 0 aliphatic heterocycles. The summed E-state index contributed by atoms with van der Waals surface area (Å²) in [4.78, 5) is 0. The molecule has 0 aromatic heterocycles. The standard InChI is InChI=1S/C15H20.C2H6/c1-5-6-7-13(3)14(4)15-10-8-12(2)9-11-15;1-2/h6-11H,5H2,1-4H3;1-2H3/b7-6-,14-13+;. The summed E-state index contributed by atoms with van der Waals surface area (Å²) in [5.74, 6) is 0. The zero-order valence-electron chi connectivity index (χ0n) is 12.2. The van der Waals surface area contributed by atoms with E-state index < -0.39 is 0 Å². The summed E-state index contributed by atoms with van der Waals surface area (Å²) >= 11 is 0. The van der Waals surface area contributed by atoms with Crippen LogP contribution in [0.3, 0.4) is 0 Å². The summed E-state index contributed by atoms with van der Waals surface area (Å²) in [7, 11) is 0. The third-order valence-electron chi connectivity index (χ3n) is 2.68. The van der Waals surface area contributed by atoms with Crippen molar-refractivity contribution in [2.24, 2.45) is 0 Å². The van der Waals surface area contributed by atoms with Crippen molar-refractivity contribution >= 4 is 5.57 Å². The summed E-state index contributed by atoms with van der Waals surface area (Å²) in [6.45, 7) is 12.6. The molecule has 0 aliphatic rings. The van der Waals surface area contributed by atoms with E-state index in [1.54, 1.807) is 0 Å². The second kappa shape index (κ2) is 8.81. The molecule has 0 amide bonds. The van der Waals surface area contributed by atoms with E-state index in [1.165, 1.54) is 22.3 Å². The first-order valence-electron chi connectivity index (χ1n) is 6.56. The number of benzene rings is 1. The minimum absolute atomic E-state index is 1.10. The van der Waals surface area contributed by atoms with Crippen molar-refractivity contribution in [3.8, 4) is 0 Å². The van der Waals surface area contributed by atoms with Crippen molar-refractivity contribution in [2.75, 3.05) is 0 Å². The molecule has 1 aromatic rings. The van der Waals surface area contributed by atoms with Gasteiger partial charge in [-0.2, -0.15) is 0 Å². The van der Waals surface area contributed by atoms with E-state index in [4.69, 9.17) is 0 Å². The first-order valence-corrected chi connectivity index (χ1v) is 6.56. The lowest BCUT2D eigenvalue weighted by molar-refractivity contribution is 1.22. The highest BCUT2D eigenvalue weighted by Gasteiger charge is 1.97. The van der Waals surface area contributed by atoms with Gasteiger partial charge >= 0.3 is 0 Å². The van der Waals surface area contributed by atoms with E-state index in [0.717, 1.165) is 6.42 Å². The molecule has 17 heavy (non-hydrogen) atoms. The zero-order valence-corrected chi connectivity index (χ0v) is 12.2. The molecular formula is C17H26. The van der Waals surface area contributed by atoms with Gasteiger partial charge in [-0.1, -0.05) is 62.8 Å². The lowest BCUT2D eigenvalue weighted by Gasteiger charge is -2.05. The van der Waals surface area contributed by atoms with Gasteiger partial charge in [0.2, 0.25) is 0 Å². The maximum absolute atomic E-state index is 2.20. The second-order valence-corrected chi connectivity index (χ2v) is 3.98. The zero-order chi connectivity index (χ0) is 13.3. The monoisotopic (exact) mass is 230 g/mol. The van der Waals surface area contributed by atoms with Crippen LogP contribution in [-0.4, -0.2) is 0 Å². The molecular weight excluding hydrogens is 204 g/mol. The van der Waals surface area contributed by atoms with Gasteiger partial charge < -0.3 is 0 Å². The predicted molar refractivity (Wildman–Crippen MR) is 80.2 cm³/mol. The van der Waals surface area contributed by atoms with Crippen LogP contribution in [0.25, 0.3) is 5.57 Å². The van der Waals surface area contributed by atoms with Crippen molar-refractivity contribution in [3.63, 3.8) is 0 Å². The highest BCUT2D eigenvalue weighted by Crippen LogP contribution is 2.19. The number of hydrogen-bond acceptors (Lipinski definition) is 0. The van der Waals surface area contributed by atoms with Gasteiger partial charge in [0.15, 0.2) is 0 Å². The average Bonchev–Trinajstić information content (AvgIpc) is 2.38. The van der Waals surface area contributed by atoms with Crippen LogP contribution < -0.4 is 0 Å². The van der Waals surface area contributed by atoms with Gasteiger partial charge in [0.25, 0.3) is 0 Å². The van der Waals surface area contributed by atoms with Crippen LogP contribution in [0.2, 0.25) is 0 Å². The first-order chi connectivity index (χ1) is 8.15. The van der Waals surface area contributed by atoms with Gasteiger partial charge in [0.05, 0.1) is 0 Å². The molecule has 0 unspecified atom stereocenters. The molecule has 0 nitrogen and oxygen atoms in total. The minimum atomic E-state index is 1.10. The van der Waals surface area contributed by atoms with E-state index in [0.29, 0.717) is 0 Å². The molecule has 0 heteroatoms. The summed E-state index contributed by atoms with van der Waals surface area (Å²) in [5, 5.41) is 0. The number of aryl methyl sites for hydroxylation is 1. The van der Waals surface area contributed by atoms with Crippen molar-refractivity contribution in [3.05, 3.63) is 53.1 Å². The van der Waals surface area contributed by atoms with Gasteiger partial charge in [0, 0.05) is 0 Å². The Labute approximate surface area is 107 Å². The number of rotatable bonds is 3. The summed E-state index contributed by atoms with van der Waals surface area (Å²) in [5.41, 5.74) is 5.34. The Hall–Kier alpha value is -1.30. The maximum atomic E-state index is 2.20. The number of hydrogen-bond donors (Lipinski definition) is 0. The predicted octanol–water partition coefficient (Wildman–Crippen LogP) is 5.78. The largest absolute Gasteiger partial charge is 0.0845 e. The summed E-state index contributed by atoms with van der Waals surface area (Å²) < 4.78 is 0. The van der Waals surface area contributed by atoms with E-state index in [1.807, 2.05) is 13.8 Å². The molecule has 0 N–H and O–H groups in total. The van der Waals surface area contributed by atoms with Crippen LogP contribution in [0.1, 0.15) is 52.2 Å². The van der Waals surface area contributed by atoms with Crippen molar-refractivity contribution in [1.82, 2.24) is 0 Å². The molecule has 1 rings (SSSR count). The Morgan fingerprint density at radius 3 is 2.06 bits per heavy atom. The minimum Gasteiger partial charge on any atom is -0.0845 e. The lowest BCUT2D eigenvalue weighted by atomic mass is 10.0. The van der Waals surface area contributed by atoms with Crippen molar-refractivity contribution in [2.45, 2.75) is 48.0 Å². The molecule has 0 saturated heterocycles. The van der Waals surface area contributed by atoms with Gasteiger partial charge in [-0.25, -0.2) is 0 Å². The maximum Gasteiger partial charge on any atom is -0.0225 e. The first kappa shape index (κ1) is 15.7. The molecule has 0 atom stereocenters. The Morgan fingerprint density at radius 1 is 1.06 bits per heavy atom. The molecule has 1 aromatic carbocycles. The van der Waals surface area contributed by atoms with E-state index in [9.17, 15) is 0 Å². The fourth-order valence-corrected chi connectivity index (χ4v) is 1.45. The fraction of sp³-hybridized carbons (Fsp3) is 0.412. The van der Waals surface area contributed by atoms with E-state index in [2.05, 4.69) is 64.1 Å². The van der Waals surface area contributed by atoms with Crippen LogP contribution in [0.4, 0.5) is 0 Å². The molecule has 0 radical (unpaired) electrons. The topological polar surface area (TPSA) is 0 Å². The second-order valence-electron chi connectivity index (χ2n) is 3.98. The van der Waals surface area contributed by atoms with Crippen LogP contribution in [0, 0.1) is 6.92 Å². The average molecular weight is 230 g/mol. The number of allylic oxidation sites excluding steroid dienone is 4. The Morgan fingerprint density at radius 2 is 1.59 bits per heavy atom. The van der Waals surface area contributed by atoms with Crippen LogP contribution in [0.5, 0.6) is 0 Å². The third-order valence-corrected chi connectivity index (χ3v) is 2.68. The quantitative estimate of drug-likeness (QED) is 0.577. The van der Waals surface area contributed by atoms with Crippen molar-refractivity contribution < 1.29 is 0 Å². The van der Waals surface area contributed by atoms with E-state index in [-0.39, 0.29) is 0 Å². The van der Waals surface area contributed by atoms with Crippen LogP contribution in [-0.2, 0) is 0 Å². The molecule has 0 heterocycles. The normalized spacial score (nSPS) is 11.9. The summed E-state index contributed by atoms with van der Waals surface area (Å²) in [6, 6.07) is 8.70. The van der Waals surface area contributed by atoms with Crippen molar-refractivity contribution in [1.29, 1.82) is 0 Å². The fourth-order valence-electron chi connectivity index (χ4n) is 1.45. The highest BCUT2D eigenvalue weighted by molar-refractivity contribution is 5.68. The molecule has 94 valence electrons. The van der Waals surface area contributed by atoms with Gasteiger partial charge in [-0.05, 0) is 43.9 Å². The van der Waals surface area contributed by atoms with Crippen LogP contribution in [0.15, 0.2) is 42.0 Å². The molecule has 0 spiro atoms. The van der Waals surface area contributed by atoms with Gasteiger partial charge in [-0.3, -0.25) is 0 Å². The Balaban J connectivity index is 0.00000121. The van der Waals surface area contributed by atoms with Gasteiger partial charge in [0.1, 0.15) is 0 Å². The third kappa shape index (κ3) is 5.53. The SMILES string of the molecule is CC.CC/C=C\C(C)=C(/C)c1ccc(C)cc1. The summed E-state index contributed by atoms with van der Waals surface area (Å²) in [6.07, 6.45) is 5.50. The van der Waals surface area contributed by atoms with Crippen LogP contribution >= 0.6 is 0 Å². The Kier molecular flexibility index (Phi) is 8.13.